The van der Waals surface area contributed by atoms with Crippen LogP contribution in [-0.4, -0.2) is 45.4 Å². The number of Topliss-reactive ketones (excluding diaryl/α,β-unsaturated/α-hetero) is 1. The van der Waals surface area contributed by atoms with Crippen molar-refractivity contribution >= 4 is 5.78 Å². The van der Waals surface area contributed by atoms with Gasteiger partial charge in [-0.25, -0.2) is 0 Å². The number of carbonyl (C=O) groups is 1. The van der Waals surface area contributed by atoms with E-state index in [1.165, 1.54) is 6.42 Å². The number of carbonyl (C=O) groups excluding carboxylic acids is 1. The van der Waals surface area contributed by atoms with Crippen LogP contribution in [0.1, 0.15) is 54.4 Å². The molecule has 0 aromatic carbocycles. The van der Waals surface area contributed by atoms with Crippen molar-refractivity contribution in [2.24, 2.45) is 10.8 Å². The van der Waals surface area contributed by atoms with E-state index in [4.69, 9.17) is 14.2 Å². The Bertz CT molecular complexity index is 273. The molecule has 0 amide bonds. The second-order valence-electron chi connectivity index (χ2n) is 7.61. The molecule has 0 unspecified atom stereocenters. The Balaban J connectivity index is 3.25. The Morgan fingerprint density at radius 3 is 1.71 bits per heavy atom. The van der Waals surface area contributed by atoms with Crippen LogP contribution in [0.5, 0.6) is 0 Å². The number of ketones is 1. The van der Waals surface area contributed by atoms with Gasteiger partial charge in [-0.05, 0) is 18.3 Å². The van der Waals surface area contributed by atoms with Gasteiger partial charge in [0.1, 0.15) is 6.61 Å². The molecular weight excluding hydrogens is 268 g/mol. The highest BCUT2D eigenvalue weighted by molar-refractivity contribution is 5.84. The van der Waals surface area contributed by atoms with Crippen LogP contribution in [0.2, 0.25) is 0 Å². The van der Waals surface area contributed by atoms with Crippen molar-refractivity contribution in [2.75, 3.05) is 39.6 Å². The van der Waals surface area contributed by atoms with Crippen LogP contribution < -0.4 is 0 Å². The lowest BCUT2D eigenvalue weighted by Gasteiger charge is -2.17. The normalized spacial score (nSPS) is 12.7. The summed E-state index contributed by atoms with van der Waals surface area (Å²) in [5.74, 6) is 0.115. The SMILES string of the molecule is CC(C)(C)CCCOCCOCCOCC(=O)C(C)(C)C. The second-order valence-corrected chi connectivity index (χ2v) is 7.61. The summed E-state index contributed by atoms with van der Waals surface area (Å²) < 4.78 is 16.2. The molecule has 0 aromatic rings. The lowest BCUT2D eigenvalue weighted by atomic mass is 9.91. The summed E-state index contributed by atoms with van der Waals surface area (Å²) in [4.78, 5) is 11.6. The van der Waals surface area contributed by atoms with Crippen molar-refractivity contribution in [3.63, 3.8) is 0 Å². The highest BCUT2D eigenvalue weighted by Gasteiger charge is 2.20. The maximum Gasteiger partial charge on any atom is 0.163 e. The number of rotatable bonds is 11. The number of hydrogen-bond donors (Lipinski definition) is 0. The highest BCUT2D eigenvalue weighted by atomic mass is 16.5. The average Bonchev–Trinajstić information content (AvgIpc) is 2.33. The highest BCUT2D eigenvalue weighted by Crippen LogP contribution is 2.20. The van der Waals surface area contributed by atoms with Gasteiger partial charge >= 0.3 is 0 Å². The Hall–Kier alpha value is -0.450. The van der Waals surface area contributed by atoms with Gasteiger partial charge < -0.3 is 14.2 Å². The zero-order valence-electron chi connectivity index (χ0n) is 14.8. The minimum Gasteiger partial charge on any atom is -0.379 e. The Morgan fingerprint density at radius 1 is 0.762 bits per heavy atom. The summed E-state index contributed by atoms with van der Waals surface area (Å²) >= 11 is 0. The van der Waals surface area contributed by atoms with Gasteiger partial charge in [-0.2, -0.15) is 0 Å². The fourth-order valence-electron chi connectivity index (χ4n) is 1.53. The van der Waals surface area contributed by atoms with E-state index in [0.717, 1.165) is 13.0 Å². The van der Waals surface area contributed by atoms with Crippen molar-refractivity contribution in [3.05, 3.63) is 0 Å². The van der Waals surface area contributed by atoms with Gasteiger partial charge in [0.2, 0.25) is 0 Å². The molecule has 0 heterocycles. The fourth-order valence-corrected chi connectivity index (χ4v) is 1.53. The predicted octanol–water partition coefficient (Wildman–Crippen LogP) is 3.48. The van der Waals surface area contributed by atoms with E-state index in [9.17, 15) is 4.79 Å². The molecule has 0 N–H and O–H groups in total. The first kappa shape index (κ1) is 20.6. The molecule has 0 aromatic heterocycles. The van der Waals surface area contributed by atoms with Gasteiger partial charge in [0.15, 0.2) is 5.78 Å². The molecule has 0 rings (SSSR count). The van der Waals surface area contributed by atoms with Gasteiger partial charge in [-0.3, -0.25) is 4.79 Å². The fraction of sp³-hybridized carbons (Fsp3) is 0.941. The van der Waals surface area contributed by atoms with E-state index in [-0.39, 0.29) is 17.8 Å². The topological polar surface area (TPSA) is 44.8 Å². The molecule has 0 saturated carbocycles. The van der Waals surface area contributed by atoms with Crippen LogP contribution in [-0.2, 0) is 19.0 Å². The first-order chi connectivity index (χ1) is 9.63. The van der Waals surface area contributed by atoms with E-state index in [1.54, 1.807) is 0 Å². The van der Waals surface area contributed by atoms with Gasteiger partial charge in [0, 0.05) is 12.0 Å². The summed E-state index contributed by atoms with van der Waals surface area (Å²) in [6.45, 7) is 15.5. The summed E-state index contributed by atoms with van der Waals surface area (Å²) in [6.07, 6.45) is 2.25. The largest absolute Gasteiger partial charge is 0.379 e. The third kappa shape index (κ3) is 14.3. The van der Waals surface area contributed by atoms with Gasteiger partial charge in [-0.15, -0.1) is 0 Å². The van der Waals surface area contributed by atoms with Gasteiger partial charge in [0.25, 0.3) is 0 Å². The van der Waals surface area contributed by atoms with Gasteiger partial charge in [-0.1, -0.05) is 41.5 Å². The minimum atomic E-state index is -0.332. The summed E-state index contributed by atoms with van der Waals surface area (Å²) in [5.41, 5.74) is 0.0451. The van der Waals surface area contributed by atoms with E-state index in [2.05, 4.69) is 20.8 Å². The molecular formula is C17H34O4. The molecule has 0 bridgehead atoms. The van der Waals surface area contributed by atoms with Crippen LogP contribution in [0.4, 0.5) is 0 Å². The molecule has 0 spiro atoms. The maximum absolute atomic E-state index is 11.6. The quantitative estimate of drug-likeness (QED) is 0.548. The second kappa shape index (κ2) is 10.3. The van der Waals surface area contributed by atoms with E-state index >= 15 is 0 Å². The minimum absolute atomic E-state index is 0.115. The number of ether oxygens (including phenoxy) is 3. The van der Waals surface area contributed by atoms with Crippen LogP contribution in [0.25, 0.3) is 0 Å². The maximum atomic E-state index is 11.6. The molecule has 0 atom stereocenters. The standard InChI is InChI=1S/C17H34O4/c1-16(2,3)8-7-9-19-10-11-20-12-13-21-14-15(18)17(4,5)6/h7-14H2,1-6H3. The summed E-state index contributed by atoms with van der Waals surface area (Å²) in [5, 5.41) is 0. The number of hydrogen-bond acceptors (Lipinski definition) is 4. The molecule has 126 valence electrons. The summed E-state index contributed by atoms with van der Waals surface area (Å²) in [7, 11) is 0. The molecule has 0 radical (unpaired) electrons. The average molecular weight is 302 g/mol. The first-order valence-electron chi connectivity index (χ1n) is 7.89. The van der Waals surface area contributed by atoms with Crippen molar-refractivity contribution in [1.29, 1.82) is 0 Å². The first-order valence-corrected chi connectivity index (χ1v) is 7.89. The van der Waals surface area contributed by atoms with Crippen molar-refractivity contribution < 1.29 is 19.0 Å². The molecule has 4 heteroatoms. The van der Waals surface area contributed by atoms with Crippen LogP contribution in [0.15, 0.2) is 0 Å². The monoisotopic (exact) mass is 302 g/mol. The van der Waals surface area contributed by atoms with E-state index in [0.29, 0.717) is 31.8 Å². The summed E-state index contributed by atoms with van der Waals surface area (Å²) in [6, 6.07) is 0. The molecule has 0 aliphatic carbocycles. The van der Waals surface area contributed by atoms with Crippen molar-refractivity contribution in [1.82, 2.24) is 0 Å². The van der Waals surface area contributed by atoms with Crippen LogP contribution in [0.3, 0.4) is 0 Å². The van der Waals surface area contributed by atoms with Crippen LogP contribution >= 0.6 is 0 Å². The molecule has 21 heavy (non-hydrogen) atoms. The zero-order valence-corrected chi connectivity index (χ0v) is 14.8. The molecule has 0 fully saturated rings. The van der Waals surface area contributed by atoms with Crippen molar-refractivity contribution in [3.8, 4) is 0 Å². The van der Waals surface area contributed by atoms with Crippen LogP contribution in [0, 0.1) is 10.8 Å². The van der Waals surface area contributed by atoms with Gasteiger partial charge in [0.05, 0.1) is 26.4 Å². The Labute approximate surface area is 130 Å². The lowest BCUT2D eigenvalue weighted by molar-refractivity contribution is -0.131. The van der Waals surface area contributed by atoms with Crippen molar-refractivity contribution in [2.45, 2.75) is 54.4 Å². The third-order valence-corrected chi connectivity index (χ3v) is 3.03. The molecule has 0 saturated heterocycles. The molecule has 0 aliphatic heterocycles. The van der Waals surface area contributed by atoms with E-state index in [1.807, 2.05) is 20.8 Å². The molecule has 4 nitrogen and oxygen atoms in total. The third-order valence-electron chi connectivity index (χ3n) is 3.03. The lowest BCUT2D eigenvalue weighted by Crippen LogP contribution is -2.25. The zero-order chi connectivity index (χ0) is 16.4. The molecule has 0 aliphatic rings. The predicted molar refractivity (Wildman–Crippen MR) is 85.6 cm³/mol. The Morgan fingerprint density at radius 2 is 1.24 bits per heavy atom. The Kier molecular flexibility index (Phi) is 10.1. The van der Waals surface area contributed by atoms with E-state index < -0.39 is 0 Å². The smallest absolute Gasteiger partial charge is 0.163 e.